The number of hydrogen-bond acceptors (Lipinski definition) is 9. The minimum atomic E-state index is -1.18. The lowest BCUT2D eigenvalue weighted by Crippen LogP contribution is -2.39. The maximum absolute atomic E-state index is 13.8. The Hall–Kier alpha value is -3.80. The Kier molecular flexibility index (Phi) is 7.39. The van der Waals surface area contributed by atoms with Crippen molar-refractivity contribution in [2.24, 2.45) is 4.99 Å². The third-order valence-corrected chi connectivity index (χ3v) is 7.43. The molecule has 0 saturated carbocycles. The van der Waals surface area contributed by atoms with Crippen molar-refractivity contribution in [2.45, 2.75) is 19.9 Å². The topological polar surface area (TPSA) is 126 Å². The van der Waals surface area contributed by atoms with Crippen LogP contribution >= 0.6 is 34.5 Å². The largest absolute Gasteiger partial charge is 0.479 e. The summed E-state index contributed by atoms with van der Waals surface area (Å²) < 4.78 is 23.2. The Morgan fingerprint density at radius 2 is 1.92 bits per heavy atom. The molecule has 0 amide bonds. The van der Waals surface area contributed by atoms with Crippen LogP contribution in [0.2, 0.25) is 10.0 Å². The Morgan fingerprint density at radius 3 is 2.62 bits per heavy atom. The molecule has 2 aliphatic rings. The van der Waals surface area contributed by atoms with Crippen LogP contribution in [0.1, 0.15) is 31.0 Å². The van der Waals surface area contributed by atoms with Gasteiger partial charge in [0.05, 0.1) is 38.5 Å². The van der Waals surface area contributed by atoms with E-state index in [0.717, 1.165) is 11.3 Å². The van der Waals surface area contributed by atoms with Crippen molar-refractivity contribution in [1.29, 1.82) is 0 Å². The van der Waals surface area contributed by atoms with Gasteiger partial charge in [0.25, 0.3) is 5.56 Å². The fraction of sp³-hybridized carbons (Fsp3) is 0.231. The number of carbonyl (C=O) groups is 2. The fourth-order valence-corrected chi connectivity index (χ4v) is 5.94. The van der Waals surface area contributed by atoms with E-state index in [2.05, 4.69) is 4.99 Å². The number of carboxylic acid groups (broad SMARTS) is 1. The summed E-state index contributed by atoms with van der Waals surface area (Å²) >= 11 is 13.7. The highest BCUT2D eigenvalue weighted by Crippen LogP contribution is 2.38. The molecule has 0 aliphatic carbocycles. The molecule has 10 nitrogen and oxygen atoms in total. The smallest absolute Gasteiger partial charge is 0.341 e. The SMILES string of the molecule is CCOC(=O)C1=C(C)N=c2s/c(=C\c3cc(Cl)c(OCC(=O)O)c(Cl)c3)c(=O)n2[C@H]1c1ccc2c(c1)OCO2. The van der Waals surface area contributed by atoms with Crippen LogP contribution in [0.3, 0.4) is 0 Å². The van der Waals surface area contributed by atoms with Crippen molar-refractivity contribution in [2.75, 3.05) is 20.0 Å². The highest BCUT2D eigenvalue weighted by molar-refractivity contribution is 7.07. The average Bonchev–Trinajstić information content (AvgIpc) is 3.46. The van der Waals surface area contributed by atoms with Crippen molar-refractivity contribution in [3.63, 3.8) is 0 Å². The van der Waals surface area contributed by atoms with Crippen molar-refractivity contribution in [1.82, 2.24) is 4.57 Å². The molecule has 1 atom stereocenters. The molecule has 0 spiro atoms. The summed E-state index contributed by atoms with van der Waals surface area (Å²) in [7, 11) is 0. The average molecular weight is 591 g/mol. The highest BCUT2D eigenvalue weighted by atomic mass is 35.5. The number of carbonyl (C=O) groups excluding carboxylic acids is 1. The van der Waals surface area contributed by atoms with Gasteiger partial charge < -0.3 is 24.1 Å². The van der Waals surface area contributed by atoms with E-state index in [4.69, 9.17) is 47.3 Å². The Bertz CT molecular complexity index is 1700. The summed E-state index contributed by atoms with van der Waals surface area (Å²) in [6.07, 6.45) is 1.59. The van der Waals surface area contributed by atoms with Crippen molar-refractivity contribution in [3.8, 4) is 17.2 Å². The van der Waals surface area contributed by atoms with E-state index >= 15 is 0 Å². The third kappa shape index (κ3) is 5.12. The zero-order chi connectivity index (χ0) is 27.8. The predicted molar refractivity (Wildman–Crippen MR) is 143 cm³/mol. The molecule has 13 heteroatoms. The first-order valence-corrected chi connectivity index (χ1v) is 13.2. The summed E-state index contributed by atoms with van der Waals surface area (Å²) in [5, 5.41) is 9.03. The Balaban J connectivity index is 1.64. The van der Waals surface area contributed by atoms with Gasteiger partial charge in [-0.3, -0.25) is 9.36 Å². The maximum atomic E-state index is 13.8. The molecule has 0 unspecified atom stereocenters. The van der Waals surface area contributed by atoms with Crippen LogP contribution in [0, 0.1) is 0 Å². The molecular formula is C26H20Cl2N2O8S. The predicted octanol–water partition coefficient (Wildman–Crippen LogP) is 3.30. The fourth-order valence-electron chi connectivity index (χ4n) is 4.28. The van der Waals surface area contributed by atoms with Crippen LogP contribution < -0.4 is 29.1 Å². The van der Waals surface area contributed by atoms with Gasteiger partial charge in [0.1, 0.15) is 0 Å². The van der Waals surface area contributed by atoms with Gasteiger partial charge in [-0.25, -0.2) is 14.6 Å². The van der Waals surface area contributed by atoms with Gasteiger partial charge in [0, 0.05) is 0 Å². The van der Waals surface area contributed by atoms with Crippen molar-refractivity contribution in [3.05, 3.63) is 82.5 Å². The van der Waals surface area contributed by atoms with Crippen LogP contribution in [0.15, 0.2) is 51.4 Å². The maximum Gasteiger partial charge on any atom is 0.341 e. The van der Waals surface area contributed by atoms with Crippen molar-refractivity contribution < 1.29 is 33.6 Å². The molecule has 3 aromatic rings. The number of nitrogens with zero attached hydrogens (tertiary/aromatic N) is 2. The van der Waals surface area contributed by atoms with Gasteiger partial charge in [-0.1, -0.05) is 40.6 Å². The van der Waals surface area contributed by atoms with Crippen LogP contribution in [-0.4, -0.2) is 41.6 Å². The minimum absolute atomic E-state index is 0.0249. The van der Waals surface area contributed by atoms with Crippen LogP contribution in [0.25, 0.3) is 6.08 Å². The first-order valence-electron chi connectivity index (χ1n) is 11.6. The highest BCUT2D eigenvalue weighted by Gasteiger charge is 2.34. The van der Waals surface area contributed by atoms with E-state index in [0.29, 0.717) is 37.7 Å². The zero-order valence-electron chi connectivity index (χ0n) is 20.5. The number of allylic oxidation sites excluding steroid dienone is 1. The molecule has 0 radical (unpaired) electrons. The monoisotopic (exact) mass is 590 g/mol. The molecule has 0 saturated heterocycles. The summed E-state index contributed by atoms with van der Waals surface area (Å²) in [5.41, 5.74) is 1.37. The van der Waals surface area contributed by atoms with Gasteiger partial charge in [-0.15, -0.1) is 0 Å². The normalized spacial score (nSPS) is 16.1. The molecule has 202 valence electrons. The van der Waals surface area contributed by atoms with Crippen molar-refractivity contribution >= 4 is 52.6 Å². The van der Waals surface area contributed by atoms with Gasteiger partial charge >= 0.3 is 11.9 Å². The summed E-state index contributed by atoms with van der Waals surface area (Å²) in [4.78, 5) is 42.6. The first kappa shape index (κ1) is 26.8. The number of rotatable bonds is 7. The third-order valence-electron chi connectivity index (χ3n) is 5.89. The lowest BCUT2D eigenvalue weighted by molar-refractivity contribution is -0.140. The molecule has 0 fully saturated rings. The molecule has 2 aliphatic heterocycles. The summed E-state index contributed by atoms with van der Waals surface area (Å²) in [6.45, 7) is 3.01. The summed E-state index contributed by atoms with van der Waals surface area (Å²) in [6, 6.07) is 7.42. The van der Waals surface area contributed by atoms with Gasteiger partial charge in [-0.2, -0.15) is 0 Å². The summed E-state index contributed by atoms with van der Waals surface area (Å²) in [5.74, 6) is -0.666. The number of halogens is 2. The molecule has 0 bridgehead atoms. The zero-order valence-corrected chi connectivity index (χ0v) is 22.9. The molecule has 3 heterocycles. The molecular weight excluding hydrogens is 571 g/mol. The number of aliphatic carboxylic acids is 1. The van der Waals surface area contributed by atoms with Gasteiger partial charge in [0.2, 0.25) is 6.79 Å². The van der Waals surface area contributed by atoms with E-state index in [-0.39, 0.29) is 34.8 Å². The Morgan fingerprint density at radius 1 is 1.21 bits per heavy atom. The lowest BCUT2D eigenvalue weighted by atomic mass is 9.95. The first-order chi connectivity index (χ1) is 18.7. The lowest BCUT2D eigenvalue weighted by Gasteiger charge is -2.24. The number of ether oxygens (including phenoxy) is 4. The van der Waals surface area contributed by atoms with Crippen LogP contribution in [0.5, 0.6) is 17.2 Å². The molecule has 1 N–H and O–H groups in total. The van der Waals surface area contributed by atoms with Crippen LogP contribution in [0.4, 0.5) is 0 Å². The minimum Gasteiger partial charge on any atom is -0.479 e. The molecule has 5 rings (SSSR count). The quantitative estimate of drug-likeness (QED) is 0.415. The van der Waals surface area contributed by atoms with Crippen LogP contribution in [-0.2, 0) is 14.3 Å². The molecule has 1 aromatic heterocycles. The van der Waals surface area contributed by atoms with E-state index in [1.54, 1.807) is 38.1 Å². The molecule has 39 heavy (non-hydrogen) atoms. The van der Waals surface area contributed by atoms with E-state index in [1.165, 1.54) is 16.7 Å². The second-order valence-corrected chi connectivity index (χ2v) is 10.2. The second kappa shape index (κ2) is 10.8. The van der Waals surface area contributed by atoms with E-state index < -0.39 is 30.1 Å². The van der Waals surface area contributed by atoms with E-state index in [1.807, 2.05) is 0 Å². The number of fused-ring (bicyclic) bond motifs is 2. The number of esters is 1. The number of thiazole rings is 1. The second-order valence-electron chi connectivity index (χ2n) is 8.41. The van der Waals surface area contributed by atoms with E-state index in [9.17, 15) is 14.4 Å². The number of carboxylic acids is 1. The number of aromatic nitrogens is 1. The number of benzene rings is 2. The Labute approximate surface area is 234 Å². The number of hydrogen-bond donors (Lipinski definition) is 1. The van der Waals surface area contributed by atoms with Gasteiger partial charge in [0.15, 0.2) is 28.7 Å². The molecule has 2 aromatic carbocycles. The van der Waals surface area contributed by atoms with Gasteiger partial charge in [-0.05, 0) is 55.3 Å². The standard InChI is InChI=1S/C26H20Cl2N2O8S/c1-3-35-25(34)21-12(2)29-26-30(22(21)14-4-5-17-18(9-14)38-11-37-17)24(33)19(39-26)8-13-6-15(27)23(16(28)7-13)36-10-20(31)32/h4-9,22H,3,10-11H2,1-2H3,(H,31,32)/b19-8-/t22-/m0/s1.